The molecule has 2 aromatic rings. The highest BCUT2D eigenvalue weighted by Gasteiger charge is 2.12. The van der Waals surface area contributed by atoms with Gasteiger partial charge in [-0.05, 0) is 17.5 Å². The van der Waals surface area contributed by atoms with Crippen LogP contribution < -0.4 is 0 Å². The van der Waals surface area contributed by atoms with E-state index in [1.165, 1.54) is 0 Å². The summed E-state index contributed by atoms with van der Waals surface area (Å²) in [4.78, 5) is 6.80. The van der Waals surface area contributed by atoms with E-state index in [2.05, 4.69) is 9.97 Å². The molecule has 15 heavy (non-hydrogen) atoms. The number of hydrogen-bond donors (Lipinski definition) is 1. The highest BCUT2D eigenvalue weighted by atomic mass is 19.1. The Kier molecular flexibility index (Phi) is 2.54. The fraction of sp³-hybridized carbons (Fsp3) is 0.250. The minimum absolute atomic E-state index is 0.156. The number of H-pyrrole nitrogens is 1. The van der Waals surface area contributed by atoms with Gasteiger partial charge in [-0.25, -0.2) is 9.37 Å². The number of aromatic nitrogens is 2. The number of nitrogens with zero attached hydrogens (tertiary/aromatic N) is 1. The Hall–Kier alpha value is -1.64. The van der Waals surface area contributed by atoms with Gasteiger partial charge in [0.2, 0.25) is 0 Å². The van der Waals surface area contributed by atoms with Crippen molar-refractivity contribution in [1.82, 2.24) is 9.97 Å². The van der Waals surface area contributed by atoms with Crippen molar-refractivity contribution in [1.29, 1.82) is 0 Å². The van der Waals surface area contributed by atoms with Crippen LogP contribution in [-0.4, -0.2) is 9.97 Å². The summed E-state index contributed by atoms with van der Waals surface area (Å²) >= 11 is 0. The van der Waals surface area contributed by atoms with Crippen molar-refractivity contribution in [2.75, 3.05) is 0 Å². The van der Waals surface area contributed by atoms with Gasteiger partial charge >= 0.3 is 0 Å². The van der Waals surface area contributed by atoms with E-state index in [9.17, 15) is 4.39 Å². The molecule has 0 atom stereocenters. The van der Waals surface area contributed by atoms with Crippen LogP contribution in [0.4, 0.5) is 4.39 Å². The Balaban J connectivity index is 2.54. The number of aromatic amines is 1. The highest BCUT2D eigenvalue weighted by Crippen LogP contribution is 2.26. The van der Waals surface area contributed by atoms with Crippen LogP contribution >= 0.6 is 0 Å². The molecule has 0 spiro atoms. The lowest BCUT2D eigenvalue weighted by molar-refractivity contribution is 0.601. The molecular weight excluding hydrogens is 191 g/mol. The van der Waals surface area contributed by atoms with Crippen molar-refractivity contribution in [2.24, 2.45) is 0 Å². The summed E-state index contributed by atoms with van der Waals surface area (Å²) in [7, 11) is 0. The second-order valence-electron chi connectivity index (χ2n) is 3.83. The summed E-state index contributed by atoms with van der Waals surface area (Å²) < 4.78 is 14.0. The Bertz CT molecular complexity index is 447. The predicted octanol–water partition coefficient (Wildman–Crippen LogP) is 3.34. The van der Waals surface area contributed by atoms with Crippen molar-refractivity contribution in [3.8, 4) is 11.3 Å². The first-order chi connectivity index (χ1) is 7.20. The number of nitrogens with one attached hydrogen (secondary N) is 1. The third-order valence-corrected chi connectivity index (χ3v) is 2.44. The maximum atomic E-state index is 14.0. The van der Waals surface area contributed by atoms with Gasteiger partial charge in [0.15, 0.2) is 0 Å². The molecule has 1 aromatic heterocycles. The zero-order chi connectivity index (χ0) is 10.8. The van der Waals surface area contributed by atoms with Crippen LogP contribution in [-0.2, 0) is 0 Å². The Labute approximate surface area is 88.2 Å². The fourth-order valence-electron chi connectivity index (χ4n) is 1.61. The predicted molar refractivity (Wildman–Crippen MR) is 58.1 cm³/mol. The molecule has 78 valence electrons. The van der Waals surface area contributed by atoms with Gasteiger partial charge in [-0.2, -0.15) is 0 Å². The number of imidazole rings is 1. The van der Waals surface area contributed by atoms with Crippen LogP contribution in [0.5, 0.6) is 0 Å². The molecule has 0 fully saturated rings. The number of halogens is 1. The molecule has 0 bridgehead atoms. The summed E-state index contributed by atoms with van der Waals surface area (Å²) in [6, 6.07) is 5.45. The average molecular weight is 204 g/mol. The summed E-state index contributed by atoms with van der Waals surface area (Å²) in [5.41, 5.74) is 2.04. The number of rotatable bonds is 2. The van der Waals surface area contributed by atoms with Gasteiger partial charge in [0.25, 0.3) is 0 Å². The third-order valence-electron chi connectivity index (χ3n) is 2.44. The van der Waals surface area contributed by atoms with E-state index in [1.807, 2.05) is 26.0 Å². The van der Waals surface area contributed by atoms with Crippen molar-refractivity contribution in [3.05, 3.63) is 42.1 Å². The first-order valence-corrected chi connectivity index (χ1v) is 4.97. The quantitative estimate of drug-likeness (QED) is 0.798. The number of benzene rings is 1. The first-order valence-electron chi connectivity index (χ1n) is 4.97. The zero-order valence-corrected chi connectivity index (χ0v) is 8.79. The van der Waals surface area contributed by atoms with Gasteiger partial charge < -0.3 is 4.98 Å². The van der Waals surface area contributed by atoms with Gasteiger partial charge in [0.05, 0.1) is 18.2 Å². The van der Waals surface area contributed by atoms with Crippen molar-refractivity contribution in [3.63, 3.8) is 0 Å². The lowest BCUT2D eigenvalue weighted by atomic mass is 9.99. The summed E-state index contributed by atoms with van der Waals surface area (Å²) in [6.45, 7) is 3.96. The van der Waals surface area contributed by atoms with Crippen LogP contribution in [0, 0.1) is 5.82 Å². The maximum absolute atomic E-state index is 14.0. The molecule has 1 N–H and O–H groups in total. The second kappa shape index (κ2) is 3.85. The molecule has 0 aliphatic heterocycles. The molecule has 0 saturated heterocycles. The molecule has 0 radical (unpaired) electrons. The molecule has 0 amide bonds. The minimum atomic E-state index is -0.156. The van der Waals surface area contributed by atoms with Gasteiger partial charge in [-0.15, -0.1) is 0 Å². The van der Waals surface area contributed by atoms with E-state index in [1.54, 1.807) is 18.6 Å². The minimum Gasteiger partial charge on any atom is -0.345 e. The Morgan fingerprint density at radius 2 is 2.13 bits per heavy atom. The smallest absolute Gasteiger partial charge is 0.136 e. The summed E-state index contributed by atoms with van der Waals surface area (Å²) in [6.07, 6.45) is 3.18. The SMILES string of the molecule is CC(C)c1cccc(-c2cnc[nH]2)c1F. The molecular formula is C12H13FN2. The van der Waals surface area contributed by atoms with E-state index in [4.69, 9.17) is 0 Å². The van der Waals surface area contributed by atoms with Gasteiger partial charge in [0.1, 0.15) is 5.82 Å². The zero-order valence-electron chi connectivity index (χ0n) is 8.79. The van der Waals surface area contributed by atoms with Gasteiger partial charge in [0, 0.05) is 5.56 Å². The highest BCUT2D eigenvalue weighted by molar-refractivity contribution is 5.60. The van der Waals surface area contributed by atoms with E-state index < -0.39 is 0 Å². The van der Waals surface area contributed by atoms with Gasteiger partial charge in [-0.3, -0.25) is 0 Å². The van der Waals surface area contributed by atoms with E-state index >= 15 is 0 Å². The normalized spacial score (nSPS) is 10.9. The third kappa shape index (κ3) is 1.77. The maximum Gasteiger partial charge on any atom is 0.136 e. The van der Waals surface area contributed by atoms with Crippen LogP contribution in [0.1, 0.15) is 25.3 Å². The molecule has 1 heterocycles. The molecule has 2 nitrogen and oxygen atoms in total. The van der Waals surface area contributed by atoms with E-state index in [0.29, 0.717) is 5.56 Å². The van der Waals surface area contributed by atoms with E-state index in [0.717, 1.165) is 11.3 Å². The Morgan fingerprint density at radius 3 is 2.73 bits per heavy atom. The summed E-state index contributed by atoms with van der Waals surface area (Å²) in [5, 5.41) is 0. The van der Waals surface area contributed by atoms with Crippen LogP contribution in [0.3, 0.4) is 0 Å². The average Bonchev–Trinajstić information content (AvgIpc) is 2.70. The lowest BCUT2D eigenvalue weighted by Gasteiger charge is -2.09. The van der Waals surface area contributed by atoms with Crippen molar-refractivity contribution >= 4 is 0 Å². The molecule has 0 aliphatic rings. The molecule has 1 aromatic carbocycles. The summed E-state index contributed by atoms with van der Waals surface area (Å²) in [5.74, 6) is 0.0321. The van der Waals surface area contributed by atoms with Crippen molar-refractivity contribution < 1.29 is 4.39 Å². The Morgan fingerprint density at radius 1 is 1.33 bits per heavy atom. The molecule has 0 aliphatic carbocycles. The lowest BCUT2D eigenvalue weighted by Crippen LogP contribution is -1.95. The topological polar surface area (TPSA) is 28.7 Å². The van der Waals surface area contributed by atoms with Crippen LogP contribution in [0.2, 0.25) is 0 Å². The molecule has 0 unspecified atom stereocenters. The van der Waals surface area contributed by atoms with E-state index in [-0.39, 0.29) is 11.7 Å². The van der Waals surface area contributed by atoms with Crippen molar-refractivity contribution in [2.45, 2.75) is 19.8 Å². The first kappa shape index (κ1) is 9.90. The second-order valence-corrected chi connectivity index (χ2v) is 3.83. The largest absolute Gasteiger partial charge is 0.345 e. The standard InChI is InChI=1S/C12H13FN2/c1-8(2)9-4-3-5-10(12(9)13)11-6-14-7-15-11/h3-8H,1-2H3,(H,14,15). The van der Waals surface area contributed by atoms with Gasteiger partial charge in [-0.1, -0.05) is 26.0 Å². The molecule has 3 heteroatoms. The van der Waals surface area contributed by atoms with Crippen LogP contribution in [0.15, 0.2) is 30.7 Å². The fourth-order valence-corrected chi connectivity index (χ4v) is 1.61. The molecule has 2 rings (SSSR count). The van der Waals surface area contributed by atoms with Crippen LogP contribution in [0.25, 0.3) is 11.3 Å². The monoisotopic (exact) mass is 204 g/mol. The number of hydrogen-bond acceptors (Lipinski definition) is 1. The molecule has 0 saturated carbocycles.